The van der Waals surface area contributed by atoms with Crippen molar-refractivity contribution in [1.29, 1.82) is 0 Å². The second-order valence-electron chi connectivity index (χ2n) is 4.68. The van der Waals surface area contributed by atoms with E-state index in [4.69, 9.17) is 4.74 Å². The van der Waals surface area contributed by atoms with Crippen LogP contribution in [0.1, 0.15) is 50.5 Å². The van der Waals surface area contributed by atoms with Gasteiger partial charge in [0, 0.05) is 12.3 Å². The van der Waals surface area contributed by atoms with Crippen LogP contribution in [0.25, 0.3) is 0 Å². The largest absolute Gasteiger partial charge is 0.462 e. The van der Waals surface area contributed by atoms with Crippen molar-refractivity contribution < 1.29 is 9.53 Å². The number of carbonyl (C=O) groups excluding carboxylic acids is 1. The van der Waals surface area contributed by atoms with Crippen LogP contribution in [0.2, 0.25) is 0 Å². The maximum Gasteiger partial charge on any atom is 0.305 e. The van der Waals surface area contributed by atoms with Gasteiger partial charge < -0.3 is 4.74 Å². The van der Waals surface area contributed by atoms with E-state index in [0.717, 1.165) is 12.8 Å². The van der Waals surface area contributed by atoms with Crippen molar-refractivity contribution in [2.24, 2.45) is 0 Å². The Kier molecular flexibility index (Phi) is 4.18. The molecule has 0 radical (unpaired) electrons. The van der Waals surface area contributed by atoms with Crippen LogP contribution in [-0.2, 0) is 9.53 Å². The minimum atomic E-state index is -0.0715. The Morgan fingerprint density at radius 3 is 2.65 bits per heavy atom. The predicted molar refractivity (Wildman–Crippen MR) is 67.8 cm³/mol. The zero-order valence-electron chi connectivity index (χ0n) is 10.4. The molecule has 1 aliphatic rings. The highest BCUT2D eigenvalue weighted by atomic mass is 16.5. The van der Waals surface area contributed by atoms with E-state index in [-0.39, 0.29) is 12.1 Å². The number of esters is 1. The van der Waals surface area contributed by atoms with E-state index in [0.29, 0.717) is 12.3 Å². The van der Waals surface area contributed by atoms with Crippen LogP contribution in [0.4, 0.5) is 0 Å². The Balaban J connectivity index is 2.09. The van der Waals surface area contributed by atoms with Crippen molar-refractivity contribution in [2.45, 2.75) is 51.0 Å². The SMILES string of the molecule is CCC(=O)OC1CCCCC1c1ccccc1. The summed E-state index contributed by atoms with van der Waals surface area (Å²) in [5.74, 6) is 0.318. The lowest BCUT2D eigenvalue weighted by Crippen LogP contribution is -2.28. The molecule has 2 unspecified atom stereocenters. The topological polar surface area (TPSA) is 26.3 Å². The van der Waals surface area contributed by atoms with Gasteiger partial charge in [-0.05, 0) is 24.8 Å². The smallest absolute Gasteiger partial charge is 0.305 e. The fourth-order valence-corrected chi connectivity index (χ4v) is 2.57. The third-order valence-electron chi connectivity index (χ3n) is 3.50. The quantitative estimate of drug-likeness (QED) is 0.743. The molecule has 2 nitrogen and oxygen atoms in total. The lowest BCUT2D eigenvalue weighted by atomic mass is 9.81. The van der Waals surface area contributed by atoms with Crippen molar-refractivity contribution in [1.82, 2.24) is 0 Å². The van der Waals surface area contributed by atoms with Crippen molar-refractivity contribution >= 4 is 5.97 Å². The summed E-state index contributed by atoms with van der Waals surface area (Å²) in [6, 6.07) is 10.4. The van der Waals surface area contributed by atoms with Crippen LogP contribution in [0.5, 0.6) is 0 Å². The summed E-state index contributed by atoms with van der Waals surface area (Å²) in [5.41, 5.74) is 1.31. The second kappa shape index (κ2) is 5.85. The Labute approximate surface area is 103 Å². The minimum absolute atomic E-state index is 0.0715. The van der Waals surface area contributed by atoms with E-state index < -0.39 is 0 Å². The molecule has 0 heterocycles. The molecule has 1 fully saturated rings. The highest BCUT2D eigenvalue weighted by Crippen LogP contribution is 2.35. The van der Waals surface area contributed by atoms with Gasteiger partial charge in [-0.15, -0.1) is 0 Å². The number of carbonyl (C=O) groups is 1. The highest BCUT2D eigenvalue weighted by molar-refractivity contribution is 5.69. The van der Waals surface area contributed by atoms with Crippen molar-refractivity contribution in [3.05, 3.63) is 35.9 Å². The predicted octanol–water partition coefficient (Wildman–Crippen LogP) is 3.67. The van der Waals surface area contributed by atoms with Crippen LogP contribution >= 0.6 is 0 Å². The van der Waals surface area contributed by atoms with Gasteiger partial charge in [-0.25, -0.2) is 0 Å². The van der Waals surface area contributed by atoms with Crippen LogP contribution < -0.4 is 0 Å². The van der Waals surface area contributed by atoms with Gasteiger partial charge in [-0.1, -0.05) is 43.7 Å². The molecular weight excluding hydrogens is 212 g/mol. The molecule has 2 rings (SSSR count). The maximum absolute atomic E-state index is 11.4. The van der Waals surface area contributed by atoms with E-state index in [9.17, 15) is 4.79 Å². The molecule has 17 heavy (non-hydrogen) atoms. The lowest BCUT2D eigenvalue weighted by Gasteiger charge is -2.31. The first kappa shape index (κ1) is 12.2. The number of hydrogen-bond donors (Lipinski definition) is 0. The summed E-state index contributed by atoms with van der Waals surface area (Å²) >= 11 is 0. The molecule has 0 amide bonds. The molecule has 2 atom stereocenters. The van der Waals surface area contributed by atoms with Gasteiger partial charge in [0.2, 0.25) is 0 Å². The molecule has 1 saturated carbocycles. The standard InChI is InChI=1S/C15H20O2/c1-2-15(16)17-14-11-7-6-10-13(14)12-8-4-3-5-9-12/h3-5,8-9,13-14H,2,6-7,10-11H2,1H3. The van der Waals surface area contributed by atoms with Crippen molar-refractivity contribution in [3.63, 3.8) is 0 Å². The molecule has 2 heteroatoms. The van der Waals surface area contributed by atoms with Gasteiger partial charge in [0.25, 0.3) is 0 Å². The van der Waals surface area contributed by atoms with E-state index in [1.807, 2.05) is 13.0 Å². The summed E-state index contributed by atoms with van der Waals surface area (Å²) in [7, 11) is 0. The molecule has 0 bridgehead atoms. The third-order valence-corrected chi connectivity index (χ3v) is 3.50. The molecule has 1 aromatic rings. The lowest BCUT2D eigenvalue weighted by molar-refractivity contribution is -0.151. The number of ether oxygens (including phenoxy) is 1. The zero-order valence-corrected chi connectivity index (χ0v) is 10.4. The van der Waals surface area contributed by atoms with Gasteiger partial charge in [0.1, 0.15) is 6.10 Å². The first-order valence-electron chi connectivity index (χ1n) is 6.55. The van der Waals surface area contributed by atoms with Crippen molar-refractivity contribution in [3.8, 4) is 0 Å². The van der Waals surface area contributed by atoms with E-state index in [1.54, 1.807) is 0 Å². The van der Waals surface area contributed by atoms with Crippen LogP contribution in [0.3, 0.4) is 0 Å². The summed E-state index contributed by atoms with van der Waals surface area (Å²) in [4.78, 5) is 11.4. The maximum atomic E-state index is 11.4. The monoisotopic (exact) mass is 232 g/mol. The fraction of sp³-hybridized carbons (Fsp3) is 0.533. The third kappa shape index (κ3) is 3.09. The summed E-state index contributed by atoms with van der Waals surface area (Å²) < 4.78 is 5.57. The average Bonchev–Trinajstić information content (AvgIpc) is 2.40. The van der Waals surface area contributed by atoms with Gasteiger partial charge >= 0.3 is 5.97 Å². The molecule has 0 spiro atoms. The molecule has 0 N–H and O–H groups in total. The van der Waals surface area contributed by atoms with Crippen molar-refractivity contribution in [2.75, 3.05) is 0 Å². The van der Waals surface area contributed by atoms with Crippen LogP contribution in [0.15, 0.2) is 30.3 Å². The Bertz CT molecular complexity index is 358. The second-order valence-corrected chi connectivity index (χ2v) is 4.68. The van der Waals surface area contributed by atoms with Gasteiger partial charge in [0.15, 0.2) is 0 Å². The number of benzene rings is 1. The molecule has 1 aromatic carbocycles. The summed E-state index contributed by atoms with van der Waals surface area (Å²) in [6.45, 7) is 1.85. The van der Waals surface area contributed by atoms with Gasteiger partial charge in [-0.2, -0.15) is 0 Å². The molecule has 0 saturated heterocycles. The first-order chi connectivity index (χ1) is 8.31. The number of rotatable bonds is 3. The average molecular weight is 232 g/mol. The Hall–Kier alpha value is -1.31. The minimum Gasteiger partial charge on any atom is -0.462 e. The van der Waals surface area contributed by atoms with E-state index in [2.05, 4.69) is 24.3 Å². The Morgan fingerprint density at radius 2 is 1.94 bits per heavy atom. The summed E-state index contributed by atoms with van der Waals surface area (Å²) in [5, 5.41) is 0. The zero-order chi connectivity index (χ0) is 12.1. The molecule has 0 aliphatic heterocycles. The normalized spacial score (nSPS) is 24.3. The van der Waals surface area contributed by atoms with Crippen LogP contribution in [0, 0.1) is 0 Å². The molecule has 0 aromatic heterocycles. The first-order valence-corrected chi connectivity index (χ1v) is 6.55. The summed E-state index contributed by atoms with van der Waals surface area (Å²) in [6.07, 6.45) is 5.10. The van der Waals surface area contributed by atoms with E-state index >= 15 is 0 Å². The fourth-order valence-electron chi connectivity index (χ4n) is 2.57. The van der Waals surface area contributed by atoms with Crippen LogP contribution in [-0.4, -0.2) is 12.1 Å². The molecule has 1 aliphatic carbocycles. The molecular formula is C15H20O2. The van der Waals surface area contributed by atoms with E-state index in [1.165, 1.54) is 18.4 Å². The Morgan fingerprint density at radius 1 is 1.24 bits per heavy atom. The molecule has 92 valence electrons. The highest BCUT2D eigenvalue weighted by Gasteiger charge is 2.28. The number of hydrogen-bond acceptors (Lipinski definition) is 2. The van der Waals surface area contributed by atoms with Gasteiger partial charge in [-0.3, -0.25) is 4.79 Å². The van der Waals surface area contributed by atoms with Gasteiger partial charge in [0.05, 0.1) is 0 Å².